The number of nitrogens with zero attached hydrogens (tertiary/aromatic N) is 1. The van der Waals surface area contributed by atoms with Gasteiger partial charge in [-0.3, -0.25) is 14.9 Å². The predicted molar refractivity (Wildman–Crippen MR) is 74.0 cm³/mol. The number of anilines is 1. The normalized spacial score (nSPS) is 17.2. The van der Waals surface area contributed by atoms with Gasteiger partial charge in [0.15, 0.2) is 0 Å². The smallest absolute Gasteiger partial charge is 0.241 e. The molecule has 0 saturated carbocycles. The number of hydrogen-bond acceptors (Lipinski definition) is 3. The molecule has 2 N–H and O–H groups in total. The van der Waals surface area contributed by atoms with Crippen molar-refractivity contribution in [1.29, 1.82) is 0 Å². The molecule has 19 heavy (non-hydrogen) atoms. The summed E-state index contributed by atoms with van der Waals surface area (Å²) < 4.78 is 0. The molecule has 5 nitrogen and oxygen atoms in total. The number of carbonyl (C=O) groups excluding carboxylic acids is 2. The fraction of sp³-hybridized carbons (Fsp3) is 0.429. The largest absolute Gasteiger partial charge is 0.358 e. The first kappa shape index (κ1) is 13.5. The van der Waals surface area contributed by atoms with E-state index in [4.69, 9.17) is 0 Å². The number of likely N-dealkylation sites (N-methyl/N-ethyl adjacent to an activating group) is 1. The zero-order chi connectivity index (χ0) is 13.8. The molecule has 1 aromatic carbocycles. The van der Waals surface area contributed by atoms with Crippen LogP contribution in [0.1, 0.15) is 12.5 Å². The Hall–Kier alpha value is -1.88. The number of rotatable bonds is 4. The van der Waals surface area contributed by atoms with Gasteiger partial charge >= 0.3 is 0 Å². The average molecular weight is 261 g/mol. The highest BCUT2D eigenvalue weighted by atomic mass is 16.2. The molecule has 2 amide bonds. The number of amides is 2. The van der Waals surface area contributed by atoms with Crippen molar-refractivity contribution >= 4 is 17.5 Å². The summed E-state index contributed by atoms with van der Waals surface area (Å²) in [6, 6.07) is 8.12. The molecule has 0 radical (unpaired) electrons. The summed E-state index contributed by atoms with van der Waals surface area (Å²) in [5, 5.41) is 5.37. The van der Waals surface area contributed by atoms with E-state index in [2.05, 4.69) is 16.7 Å². The maximum absolute atomic E-state index is 12.2. The first-order valence-corrected chi connectivity index (χ1v) is 6.44. The molecule has 1 heterocycles. The van der Waals surface area contributed by atoms with Gasteiger partial charge in [-0.2, -0.15) is 0 Å². The SMILES string of the molecule is CNC(=O)CNCC(=O)N1c2ccccc2C[C@H]1C. The van der Waals surface area contributed by atoms with Crippen LogP contribution in [0.2, 0.25) is 0 Å². The molecule has 0 fully saturated rings. The van der Waals surface area contributed by atoms with Crippen LogP contribution in [-0.2, 0) is 16.0 Å². The Balaban J connectivity index is 1.98. The minimum absolute atomic E-state index is 0.00125. The topological polar surface area (TPSA) is 61.4 Å². The minimum Gasteiger partial charge on any atom is -0.358 e. The lowest BCUT2D eigenvalue weighted by molar-refractivity contribution is -0.120. The highest BCUT2D eigenvalue weighted by Crippen LogP contribution is 2.31. The van der Waals surface area contributed by atoms with Crippen LogP contribution in [0.3, 0.4) is 0 Å². The number of carbonyl (C=O) groups is 2. The molecule has 1 atom stereocenters. The van der Waals surface area contributed by atoms with Crippen LogP contribution < -0.4 is 15.5 Å². The molecule has 2 rings (SSSR count). The van der Waals surface area contributed by atoms with Crippen LogP contribution in [0.5, 0.6) is 0 Å². The second kappa shape index (κ2) is 5.84. The second-order valence-electron chi connectivity index (χ2n) is 4.72. The Kier molecular flexibility index (Phi) is 4.16. The van der Waals surface area contributed by atoms with Crippen molar-refractivity contribution in [3.8, 4) is 0 Å². The molecule has 0 bridgehead atoms. The third-order valence-corrected chi connectivity index (χ3v) is 3.32. The van der Waals surface area contributed by atoms with E-state index < -0.39 is 0 Å². The summed E-state index contributed by atoms with van der Waals surface area (Å²) in [6.07, 6.45) is 0.886. The number of nitrogens with one attached hydrogen (secondary N) is 2. The third-order valence-electron chi connectivity index (χ3n) is 3.32. The number of benzene rings is 1. The number of para-hydroxylation sites is 1. The zero-order valence-corrected chi connectivity index (χ0v) is 11.3. The van der Waals surface area contributed by atoms with Crippen LogP contribution >= 0.6 is 0 Å². The summed E-state index contributed by atoms with van der Waals surface area (Å²) in [5.74, 6) is -0.121. The summed E-state index contributed by atoms with van der Waals surface area (Å²) in [7, 11) is 1.57. The molecule has 1 aromatic rings. The van der Waals surface area contributed by atoms with Crippen LogP contribution in [0.4, 0.5) is 5.69 Å². The molecular weight excluding hydrogens is 242 g/mol. The fourth-order valence-corrected chi connectivity index (χ4v) is 2.40. The van der Waals surface area contributed by atoms with Gasteiger partial charge in [-0.15, -0.1) is 0 Å². The Morgan fingerprint density at radius 3 is 2.79 bits per heavy atom. The van der Waals surface area contributed by atoms with E-state index >= 15 is 0 Å². The summed E-state index contributed by atoms with van der Waals surface area (Å²) in [4.78, 5) is 25.1. The summed E-state index contributed by atoms with van der Waals surface area (Å²) in [5.41, 5.74) is 2.19. The molecule has 0 spiro atoms. The molecule has 0 aromatic heterocycles. The van der Waals surface area contributed by atoms with E-state index in [1.807, 2.05) is 30.0 Å². The van der Waals surface area contributed by atoms with Gasteiger partial charge in [0.05, 0.1) is 13.1 Å². The highest BCUT2D eigenvalue weighted by Gasteiger charge is 2.29. The van der Waals surface area contributed by atoms with Gasteiger partial charge in [0.25, 0.3) is 0 Å². The van der Waals surface area contributed by atoms with E-state index in [1.165, 1.54) is 5.56 Å². The lowest BCUT2D eigenvalue weighted by atomic mass is 10.1. The highest BCUT2D eigenvalue weighted by molar-refractivity contribution is 5.97. The van der Waals surface area contributed by atoms with E-state index in [1.54, 1.807) is 7.05 Å². The van der Waals surface area contributed by atoms with E-state index in [-0.39, 0.29) is 30.9 Å². The summed E-state index contributed by atoms with van der Waals surface area (Å²) in [6.45, 7) is 2.37. The lowest BCUT2D eigenvalue weighted by Crippen LogP contribution is -2.43. The van der Waals surface area contributed by atoms with E-state index in [0.29, 0.717) is 0 Å². The molecule has 1 aliphatic rings. The Labute approximate surface area is 113 Å². The second-order valence-corrected chi connectivity index (χ2v) is 4.72. The fourth-order valence-electron chi connectivity index (χ4n) is 2.40. The minimum atomic E-state index is -0.123. The van der Waals surface area contributed by atoms with Crippen molar-refractivity contribution in [2.75, 3.05) is 25.0 Å². The Morgan fingerprint density at radius 2 is 2.05 bits per heavy atom. The Bertz CT molecular complexity index is 487. The summed E-state index contributed by atoms with van der Waals surface area (Å²) >= 11 is 0. The van der Waals surface area contributed by atoms with Gasteiger partial charge in [0, 0.05) is 18.8 Å². The van der Waals surface area contributed by atoms with Crippen molar-refractivity contribution in [3.05, 3.63) is 29.8 Å². The number of fused-ring (bicyclic) bond motifs is 1. The number of hydrogen-bond donors (Lipinski definition) is 2. The van der Waals surface area contributed by atoms with Crippen molar-refractivity contribution in [2.45, 2.75) is 19.4 Å². The van der Waals surface area contributed by atoms with Crippen LogP contribution in [0.15, 0.2) is 24.3 Å². The first-order chi connectivity index (χ1) is 9.13. The molecule has 1 aliphatic heterocycles. The third kappa shape index (κ3) is 2.93. The van der Waals surface area contributed by atoms with E-state index in [9.17, 15) is 9.59 Å². The van der Waals surface area contributed by atoms with Crippen LogP contribution in [-0.4, -0.2) is 38.0 Å². The average Bonchev–Trinajstić information content (AvgIpc) is 2.74. The van der Waals surface area contributed by atoms with Crippen molar-refractivity contribution in [1.82, 2.24) is 10.6 Å². The molecular formula is C14H19N3O2. The molecule has 5 heteroatoms. The lowest BCUT2D eigenvalue weighted by Gasteiger charge is -2.22. The maximum atomic E-state index is 12.2. The van der Waals surface area contributed by atoms with E-state index in [0.717, 1.165) is 12.1 Å². The van der Waals surface area contributed by atoms with Crippen molar-refractivity contribution in [3.63, 3.8) is 0 Å². The molecule has 0 aliphatic carbocycles. The molecule has 0 unspecified atom stereocenters. The van der Waals surface area contributed by atoms with Gasteiger partial charge in [-0.05, 0) is 25.0 Å². The molecule has 102 valence electrons. The van der Waals surface area contributed by atoms with Crippen molar-refractivity contribution in [2.24, 2.45) is 0 Å². The van der Waals surface area contributed by atoms with Gasteiger partial charge < -0.3 is 10.2 Å². The van der Waals surface area contributed by atoms with Crippen LogP contribution in [0.25, 0.3) is 0 Å². The quantitative estimate of drug-likeness (QED) is 0.819. The molecule has 0 saturated heterocycles. The monoisotopic (exact) mass is 261 g/mol. The standard InChI is InChI=1S/C14H19N3O2/c1-10-7-11-5-3-4-6-12(11)17(10)14(19)9-16-8-13(18)15-2/h3-6,10,16H,7-9H2,1-2H3,(H,15,18)/t10-/m1/s1. The zero-order valence-electron chi connectivity index (χ0n) is 11.3. The van der Waals surface area contributed by atoms with Crippen LogP contribution in [0, 0.1) is 0 Å². The van der Waals surface area contributed by atoms with Gasteiger partial charge in [0.2, 0.25) is 11.8 Å². The Morgan fingerprint density at radius 1 is 1.32 bits per heavy atom. The van der Waals surface area contributed by atoms with Crippen molar-refractivity contribution < 1.29 is 9.59 Å². The van der Waals surface area contributed by atoms with Gasteiger partial charge in [0.1, 0.15) is 0 Å². The maximum Gasteiger partial charge on any atom is 0.241 e. The van der Waals surface area contributed by atoms with Gasteiger partial charge in [-0.1, -0.05) is 18.2 Å². The predicted octanol–water partition coefficient (Wildman–Crippen LogP) is 0.300. The van der Waals surface area contributed by atoms with Gasteiger partial charge in [-0.25, -0.2) is 0 Å². The first-order valence-electron chi connectivity index (χ1n) is 6.44.